The third-order valence-corrected chi connectivity index (χ3v) is 4.75. The van der Waals surface area contributed by atoms with E-state index in [4.69, 9.17) is 16.0 Å². The van der Waals surface area contributed by atoms with Crippen LogP contribution in [0, 0.1) is 0 Å². The van der Waals surface area contributed by atoms with Gasteiger partial charge in [-0.05, 0) is 55.6 Å². The zero-order chi connectivity index (χ0) is 16.1. The Hall–Kier alpha value is -1.36. The highest BCUT2D eigenvalue weighted by Gasteiger charge is 2.25. The second kappa shape index (κ2) is 7.95. The molecule has 2 unspecified atom stereocenters. The summed E-state index contributed by atoms with van der Waals surface area (Å²) in [5, 5.41) is 11.0. The molecule has 5 heteroatoms. The molecule has 2 aromatic heterocycles. The average Bonchev–Trinajstić information content (AvgIpc) is 2.99. The molecule has 0 saturated carbocycles. The van der Waals surface area contributed by atoms with Crippen LogP contribution in [0.25, 0.3) is 0 Å². The van der Waals surface area contributed by atoms with Crippen LogP contribution in [0.1, 0.15) is 49.5 Å². The van der Waals surface area contributed by atoms with E-state index in [9.17, 15) is 5.11 Å². The lowest BCUT2D eigenvalue weighted by atomic mass is 10.0. The van der Waals surface area contributed by atoms with E-state index in [0.29, 0.717) is 23.4 Å². The maximum atomic E-state index is 10.4. The molecule has 23 heavy (non-hydrogen) atoms. The van der Waals surface area contributed by atoms with Crippen LogP contribution in [0.5, 0.6) is 0 Å². The van der Waals surface area contributed by atoms with Crippen LogP contribution in [-0.4, -0.2) is 27.6 Å². The molecule has 0 aliphatic carbocycles. The maximum Gasteiger partial charge on any atom is 0.132 e. The van der Waals surface area contributed by atoms with E-state index in [2.05, 4.69) is 9.88 Å². The zero-order valence-electron chi connectivity index (χ0n) is 13.2. The Kier molecular flexibility index (Phi) is 5.70. The van der Waals surface area contributed by atoms with Crippen LogP contribution in [0.15, 0.2) is 41.1 Å². The number of nitrogens with zero attached hydrogens (tertiary/aromatic N) is 2. The summed E-state index contributed by atoms with van der Waals surface area (Å²) in [6, 6.07) is 7.95. The first-order chi connectivity index (χ1) is 11.2. The third-order valence-electron chi connectivity index (χ3n) is 4.54. The highest BCUT2D eigenvalue weighted by Crippen LogP contribution is 2.28. The number of hydrogen-bond acceptors (Lipinski definition) is 4. The van der Waals surface area contributed by atoms with Crippen LogP contribution in [-0.2, 0) is 6.54 Å². The summed E-state index contributed by atoms with van der Waals surface area (Å²) in [5.74, 6) is 0.654. The number of pyridine rings is 1. The molecule has 4 nitrogen and oxygen atoms in total. The fraction of sp³-hybridized carbons (Fsp3) is 0.500. The summed E-state index contributed by atoms with van der Waals surface area (Å²) >= 11 is 6.00. The number of furan rings is 1. The van der Waals surface area contributed by atoms with Crippen LogP contribution < -0.4 is 0 Å². The molecule has 0 bridgehead atoms. The van der Waals surface area contributed by atoms with E-state index < -0.39 is 6.10 Å². The first-order valence-corrected chi connectivity index (χ1v) is 8.66. The van der Waals surface area contributed by atoms with Crippen molar-refractivity contribution in [3.63, 3.8) is 0 Å². The van der Waals surface area contributed by atoms with Crippen molar-refractivity contribution in [2.75, 3.05) is 6.54 Å². The van der Waals surface area contributed by atoms with Crippen LogP contribution >= 0.6 is 11.6 Å². The molecular formula is C18H23ClN2O2. The molecule has 1 N–H and O–H groups in total. The number of likely N-dealkylation sites (tertiary alicyclic amines) is 1. The molecule has 1 saturated heterocycles. The Morgan fingerprint density at radius 3 is 3.04 bits per heavy atom. The first kappa shape index (κ1) is 16.5. The minimum Gasteiger partial charge on any atom is -0.467 e. The van der Waals surface area contributed by atoms with Gasteiger partial charge >= 0.3 is 0 Å². The van der Waals surface area contributed by atoms with Gasteiger partial charge in [-0.15, -0.1) is 0 Å². The summed E-state index contributed by atoms with van der Waals surface area (Å²) in [7, 11) is 0. The Balaban J connectivity index is 1.69. The van der Waals surface area contributed by atoms with Crippen LogP contribution in [0.2, 0.25) is 5.15 Å². The van der Waals surface area contributed by atoms with Gasteiger partial charge in [-0.2, -0.15) is 0 Å². The van der Waals surface area contributed by atoms with Gasteiger partial charge in [0.25, 0.3) is 0 Å². The average molecular weight is 335 g/mol. The van der Waals surface area contributed by atoms with Gasteiger partial charge in [0.15, 0.2) is 0 Å². The van der Waals surface area contributed by atoms with Crippen molar-refractivity contribution in [1.29, 1.82) is 0 Å². The number of halogens is 1. The molecular weight excluding hydrogens is 312 g/mol. The predicted molar refractivity (Wildman–Crippen MR) is 90.2 cm³/mol. The predicted octanol–water partition coefficient (Wildman–Crippen LogP) is 4.20. The van der Waals surface area contributed by atoms with E-state index in [0.717, 1.165) is 19.5 Å². The number of rotatable bonds is 5. The van der Waals surface area contributed by atoms with Crippen molar-refractivity contribution in [2.45, 2.75) is 50.8 Å². The van der Waals surface area contributed by atoms with E-state index in [-0.39, 0.29) is 0 Å². The van der Waals surface area contributed by atoms with Gasteiger partial charge in [0.1, 0.15) is 17.0 Å². The number of aliphatic hydroxyl groups excluding tert-OH is 1. The van der Waals surface area contributed by atoms with Gasteiger partial charge in [0.05, 0.1) is 6.26 Å². The molecule has 124 valence electrons. The Bertz CT molecular complexity index is 603. The Labute approximate surface area is 142 Å². The van der Waals surface area contributed by atoms with E-state index in [1.807, 2.05) is 24.3 Å². The van der Waals surface area contributed by atoms with Crippen LogP contribution in [0.4, 0.5) is 0 Å². The lowest BCUT2D eigenvalue weighted by Gasteiger charge is -2.31. The molecule has 0 radical (unpaired) electrons. The monoisotopic (exact) mass is 334 g/mol. The molecule has 1 aliphatic rings. The fourth-order valence-corrected chi connectivity index (χ4v) is 3.54. The molecule has 0 spiro atoms. The lowest BCUT2D eigenvalue weighted by molar-refractivity contribution is 0.0830. The van der Waals surface area contributed by atoms with E-state index >= 15 is 0 Å². The number of aliphatic hydroxyl groups is 1. The van der Waals surface area contributed by atoms with Gasteiger partial charge in [-0.25, -0.2) is 4.98 Å². The summed E-state index contributed by atoms with van der Waals surface area (Å²) in [6.07, 6.45) is 8.29. The molecule has 3 heterocycles. The van der Waals surface area contributed by atoms with Gasteiger partial charge in [0, 0.05) is 18.8 Å². The van der Waals surface area contributed by atoms with Crippen molar-refractivity contribution in [1.82, 2.24) is 9.88 Å². The van der Waals surface area contributed by atoms with Gasteiger partial charge in [-0.1, -0.05) is 24.4 Å². The van der Waals surface area contributed by atoms with E-state index in [1.54, 1.807) is 12.5 Å². The van der Waals surface area contributed by atoms with Crippen LogP contribution in [0.3, 0.4) is 0 Å². The fourth-order valence-electron chi connectivity index (χ4n) is 3.34. The third kappa shape index (κ3) is 4.56. The normalized spacial score (nSPS) is 21.0. The first-order valence-electron chi connectivity index (χ1n) is 8.28. The SMILES string of the molecule is OC(CC1CCCCCN1Cc1ccnc(Cl)c1)c1ccco1. The molecule has 1 aliphatic heterocycles. The highest BCUT2D eigenvalue weighted by molar-refractivity contribution is 6.29. The minimum atomic E-state index is -0.545. The Morgan fingerprint density at radius 2 is 2.26 bits per heavy atom. The van der Waals surface area contributed by atoms with Crippen molar-refractivity contribution >= 4 is 11.6 Å². The van der Waals surface area contributed by atoms with Crippen molar-refractivity contribution in [2.24, 2.45) is 0 Å². The summed E-state index contributed by atoms with van der Waals surface area (Å²) in [4.78, 5) is 6.51. The largest absolute Gasteiger partial charge is 0.467 e. The topological polar surface area (TPSA) is 49.5 Å². The quantitative estimate of drug-likeness (QED) is 0.833. The van der Waals surface area contributed by atoms with Crippen molar-refractivity contribution < 1.29 is 9.52 Å². The molecule has 1 fully saturated rings. The number of aromatic nitrogens is 1. The molecule has 2 atom stereocenters. The second-order valence-corrected chi connectivity index (χ2v) is 6.61. The van der Waals surface area contributed by atoms with Crippen molar-refractivity contribution in [3.05, 3.63) is 53.2 Å². The summed E-state index contributed by atoms with van der Waals surface area (Å²) in [6.45, 7) is 1.90. The molecule has 0 aromatic carbocycles. The van der Waals surface area contributed by atoms with Crippen molar-refractivity contribution in [3.8, 4) is 0 Å². The zero-order valence-corrected chi connectivity index (χ0v) is 14.0. The number of hydrogen-bond donors (Lipinski definition) is 1. The minimum absolute atomic E-state index is 0.351. The van der Waals surface area contributed by atoms with Gasteiger partial charge in [0.2, 0.25) is 0 Å². The molecule has 3 rings (SSSR count). The smallest absolute Gasteiger partial charge is 0.132 e. The lowest BCUT2D eigenvalue weighted by Crippen LogP contribution is -2.35. The second-order valence-electron chi connectivity index (χ2n) is 6.23. The summed E-state index contributed by atoms with van der Waals surface area (Å²) in [5.41, 5.74) is 1.17. The maximum absolute atomic E-state index is 10.4. The van der Waals surface area contributed by atoms with E-state index in [1.165, 1.54) is 24.8 Å². The highest BCUT2D eigenvalue weighted by atomic mass is 35.5. The molecule has 2 aromatic rings. The van der Waals surface area contributed by atoms with Gasteiger partial charge in [-0.3, -0.25) is 4.90 Å². The van der Waals surface area contributed by atoms with Gasteiger partial charge < -0.3 is 9.52 Å². The standard InChI is InChI=1S/C18H23ClN2O2/c19-18-11-14(7-8-20-18)13-21-9-3-1-2-5-15(21)12-16(22)17-6-4-10-23-17/h4,6-8,10-11,15-16,22H,1-3,5,9,12-13H2. The summed E-state index contributed by atoms with van der Waals surface area (Å²) < 4.78 is 5.34. The Morgan fingerprint density at radius 1 is 1.35 bits per heavy atom. The molecule has 0 amide bonds.